The Kier molecular flexibility index (Phi) is 8.38. The molecule has 1 heterocycles. The standard InChI is InChI=1S/C16H23ClN2O4S/c1-16(2,3)23-15(22)12-10-24-14(19-12)9-18-13(21)8-11(20)6-4-5-7-17/h4,6,10-11,20H,5,7-9H2,1-3H3,(H,18,21)/b6-4+/t11-/m1/s1. The van der Waals surface area contributed by atoms with E-state index in [1.54, 1.807) is 38.3 Å². The summed E-state index contributed by atoms with van der Waals surface area (Å²) < 4.78 is 5.23. The molecule has 0 saturated heterocycles. The minimum Gasteiger partial charge on any atom is -0.455 e. The molecular weight excluding hydrogens is 352 g/mol. The van der Waals surface area contributed by atoms with E-state index in [-0.39, 0.29) is 24.6 Å². The first-order valence-corrected chi connectivity index (χ1v) is 8.98. The van der Waals surface area contributed by atoms with E-state index in [1.165, 1.54) is 11.3 Å². The third-order valence-electron chi connectivity index (χ3n) is 2.63. The van der Waals surface area contributed by atoms with E-state index in [1.807, 2.05) is 0 Å². The van der Waals surface area contributed by atoms with Gasteiger partial charge in [-0.05, 0) is 27.2 Å². The summed E-state index contributed by atoms with van der Waals surface area (Å²) in [5, 5.41) is 14.5. The molecular formula is C16H23ClN2O4S. The fourth-order valence-corrected chi connectivity index (χ4v) is 2.47. The van der Waals surface area contributed by atoms with Gasteiger partial charge in [-0.1, -0.05) is 12.2 Å². The Labute approximate surface area is 150 Å². The predicted molar refractivity (Wildman–Crippen MR) is 94.2 cm³/mol. The van der Waals surface area contributed by atoms with Gasteiger partial charge in [-0.15, -0.1) is 22.9 Å². The molecule has 0 aliphatic rings. The summed E-state index contributed by atoms with van der Waals surface area (Å²) in [5.74, 6) is -0.317. The van der Waals surface area contributed by atoms with E-state index in [0.717, 1.165) is 0 Å². The Morgan fingerprint density at radius 1 is 1.50 bits per heavy atom. The number of aliphatic hydroxyl groups excluding tert-OH is 1. The molecule has 6 nitrogen and oxygen atoms in total. The molecule has 8 heteroatoms. The molecule has 0 spiro atoms. The monoisotopic (exact) mass is 374 g/mol. The molecule has 1 aromatic heterocycles. The molecule has 1 amide bonds. The van der Waals surface area contributed by atoms with Crippen molar-refractivity contribution in [2.24, 2.45) is 0 Å². The number of hydrogen-bond donors (Lipinski definition) is 2. The van der Waals surface area contributed by atoms with Gasteiger partial charge in [0.1, 0.15) is 10.6 Å². The van der Waals surface area contributed by atoms with Crippen LogP contribution in [0.15, 0.2) is 17.5 Å². The van der Waals surface area contributed by atoms with Crippen LogP contribution in [0.5, 0.6) is 0 Å². The van der Waals surface area contributed by atoms with Crippen molar-refractivity contribution >= 4 is 34.8 Å². The predicted octanol–water partition coefficient (Wildman–Crippen LogP) is 2.65. The van der Waals surface area contributed by atoms with Crippen molar-refractivity contribution in [1.82, 2.24) is 10.3 Å². The lowest BCUT2D eigenvalue weighted by atomic mass is 10.2. The van der Waals surface area contributed by atoms with Crippen molar-refractivity contribution < 1.29 is 19.4 Å². The number of nitrogens with zero attached hydrogens (tertiary/aromatic N) is 1. The number of alkyl halides is 1. The Bertz CT molecular complexity index is 581. The number of halogens is 1. The van der Waals surface area contributed by atoms with Gasteiger partial charge in [0.2, 0.25) is 5.91 Å². The van der Waals surface area contributed by atoms with Crippen molar-refractivity contribution in [1.29, 1.82) is 0 Å². The number of hydrogen-bond acceptors (Lipinski definition) is 6. The first kappa shape index (κ1) is 20.6. The van der Waals surface area contributed by atoms with E-state index in [2.05, 4.69) is 10.3 Å². The molecule has 1 aromatic rings. The molecule has 0 aromatic carbocycles. The van der Waals surface area contributed by atoms with E-state index in [0.29, 0.717) is 17.3 Å². The van der Waals surface area contributed by atoms with Crippen LogP contribution in [-0.2, 0) is 16.1 Å². The summed E-state index contributed by atoms with van der Waals surface area (Å²) in [7, 11) is 0. The zero-order valence-electron chi connectivity index (χ0n) is 14.0. The Morgan fingerprint density at radius 3 is 2.83 bits per heavy atom. The molecule has 0 aliphatic carbocycles. The highest BCUT2D eigenvalue weighted by molar-refractivity contribution is 7.09. The number of aromatic nitrogens is 1. The van der Waals surface area contributed by atoms with Crippen LogP contribution in [0.4, 0.5) is 0 Å². The zero-order chi connectivity index (χ0) is 18.2. The first-order chi connectivity index (χ1) is 11.2. The molecule has 0 unspecified atom stereocenters. The average Bonchev–Trinajstić information content (AvgIpc) is 2.92. The lowest BCUT2D eigenvalue weighted by molar-refractivity contribution is -0.122. The zero-order valence-corrected chi connectivity index (χ0v) is 15.6. The Hall–Kier alpha value is -1.44. The molecule has 0 bridgehead atoms. The van der Waals surface area contributed by atoms with Gasteiger partial charge in [0, 0.05) is 11.3 Å². The Balaban J connectivity index is 2.43. The number of esters is 1. The highest BCUT2D eigenvalue weighted by Crippen LogP contribution is 2.15. The maximum atomic E-state index is 11.9. The fraction of sp³-hybridized carbons (Fsp3) is 0.562. The highest BCUT2D eigenvalue weighted by Gasteiger charge is 2.20. The van der Waals surface area contributed by atoms with Crippen LogP contribution in [0.25, 0.3) is 0 Å². The first-order valence-electron chi connectivity index (χ1n) is 7.56. The maximum Gasteiger partial charge on any atom is 0.358 e. The largest absolute Gasteiger partial charge is 0.455 e. The van der Waals surface area contributed by atoms with E-state index >= 15 is 0 Å². The minimum absolute atomic E-state index is 0.0386. The third kappa shape index (κ3) is 8.42. The summed E-state index contributed by atoms with van der Waals surface area (Å²) in [6.07, 6.45) is 3.04. The van der Waals surface area contributed by atoms with E-state index < -0.39 is 17.7 Å². The van der Waals surface area contributed by atoms with Gasteiger partial charge in [-0.25, -0.2) is 9.78 Å². The fourth-order valence-electron chi connectivity index (χ4n) is 1.64. The number of allylic oxidation sites excluding steroid dienone is 1. The van der Waals surface area contributed by atoms with Crippen LogP contribution < -0.4 is 5.32 Å². The number of aliphatic hydroxyl groups is 1. The van der Waals surface area contributed by atoms with Gasteiger partial charge in [0.05, 0.1) is 19.1 Å². The third-order valence-corrected chi connectivity index (χ3v) is 3.69. The van der Waals surface area contributed by atoms with Gasteiger partial charge >= 0.3 is 5.97 Å². The molecule has 2 N–H and O–H groups in total. The minimum atomic E-state index is -0.846. The summed E-state index contributed by atoms with van der Waals surface area (Å²) in [5.41, 5.74) is -0.356. The molecule has 0 radical (unpaired) electrons. The number of amides is 1. The van der Waals surface area contributed by atoms with Crippen molar-refractivity contribution in [3.8, 4) is 0 Å². The molecule has 0 fully saturated rings. The van der Waals surface area contributed by atoms with Gasteiger partial charge in [0.25, 0.3) is 0 Å². The number of thiazole rings is 1. The van der Waals surface area contributed by atoms with Gasteiger partial charge in [-0.2, -0.15) is 0 Å². The molecule has 0 saturated carbocycles. The summed E-state index contributed by atoms with van der Waals surface area (Å²) in [6, 6.07) is 0. The van der Waals surface area contributed by atoms with Gasteiger partial charge < -0.3 is 15.2 Å². The lowest BCUT2D eigenvalue weighted by Crippen LogP contribution is -2.26. The van der Waals surface area contributed by atoms with E-state index in [4.69, 9.17) is 16.3 Å². The number of carbonyl (C=O) groups excluding carboxylic acids is 2. The molecule has 0 aliphatic heterocycles. The van der Waals surface area contributed by atoms with Crippen LogP contribution in [-0.4, -0.2) is 39.6 Å². The van der Waals surface area contributed by atoms with Crippen LogP contribution in [0.3, 0.4) is 0 Å². The normalized spacial score (nSPS) is 13.0. The summed E-state index contributed by atoms with van der Waals surface area (Å²) in [6.45, 7) is 5.55. The van der Waals surface area contributed by atoms with Crippen molar-refractivity contribution in [2.75, 3.05) is 5.88 Å². The average molecular weight is 375 g/mol. The van der Waals surface area contributed by atoms with Crippen molar-refractivity contribution in [3.63, 3.8) is 0 Å². The number of carbonyl (C=O) groups is 2. The SMILES string of the molecule is CC(C)(C)OC(=O)c1csc(CNC(=O)C[C@H](O)/C=C/CCCl)n1. The van der Waals surface area contributed by atoms with E-state index in [9.17, 15) is 14.7 Å². The van der Waals surface area contributed by atoms with Crippen LogP contribution in [0, 0.1) is 0 Å². The quantitative estimate of drug-likeness (QED) is 0.415. The van der Waals surface area contributed by atoms with Crippen LogP contribution in [0.2, 0.25) is 0 Å². The lowest BCUT2D eigenvalue weighted by Gasteiger charge is -2.18. The number of nitrogens with one attached hydrogen (secondary N) is 1. The molecule has 1 rings (SSSR count). The molecule has 1 atom stereocenters. The summed E-state index contributed by atoms with van der Waals surface area (Å²) in [4.78, 5) is 27.8. The number of ether oxygens (including phenoxy) is 1. The Morgan fingerprint density at radius 2 is 2.21 bits per heavy atom. The second-order valence-corrected chi connectivity index (χ2v) is 7.40. The topological polar surface area (TPSA) is 88.5 Å². The van der Waals surface area contributed by atoms with Gasteiger partial charge in [0.15, 0.2) is 5.69 Å². The molecule has 24 heavy (non-hydrogen) atoms. The smallest absolute Gasteiger partial charge is 0.358 e. The summed E-state index contributed by atoms with van der Waals surface area (Å²) >= 11 is 6.78. The van der Waals surface area contributed by atoms with Gasteiger partial charge in [-0.3, -0.25) is 4.79 Å². The number of rotatable bonds is 8. The maximum absolute atomic E-state index is 11.9. The van der Waals surface area contributed by atoms with Crippen LogP contribution in [0.1, 0.15) is 49.1 Å². The van der Waals surface area contributed by atoms with Crippen LogP contribution >= 0.6 is 22.9 Å². The van der Waals surface area contributed by atoms with Crippen molar-refractivity contribution in [2.45, 2.75) is 51.9 Å². The van der Waals surface area contributed by atoms with Crippen molar-refractivity contribution in [3.05, 3.63) is 28.2 Å². The molecule has 134 valence electrons. The second-order valence-electron chi connectivity index (χ2n) is 6.08. The second kappa shape index (κ2) is 9.76. The highest BCUT2D eigenvalue weighted by atomic mass is 35.5.